The van der Waals surface area contributed by atoms with Gasteiger partial charge in [-0.25, -0.2) is 0 Å². The molecule has 0 saturated carbocycles. The normalized spacial score (nSPS) is 10.6. The smallest absolute Gasteiger partial charge is 0.271 e. The van der Waals surface area contributed by atoms with Gasteiger partial charge < -0.3 is 14.6 Å². The van der Waals surface area contributed by atoms with Crippen molar-refractivity contribution in [2.75, 3.05) is 18.2 Å². The van der Waals surface area contributed by atoms with Crippen molar-refractivity contribution < 1.29 is 14.5 Å². The molecule has 0 bridgehead atoms. The number of nitro benzene ring substituents is 1. The number of nitrogens with zero attached hydrogens (tertiary/aromatic N) is 4. The molecule has 0 fully saturated rings. The largest absolute Gasteiger partial charge is 0.495 e. The second kappa shape index (κ2) is 8.74. The van der Waals surface area contributed by atoms with E-state index in [1.165, 1.54) is 37.1 Å². The Kier molecular flexibility index (Phi) is 6.13. The lowest BCUT2D eigenvalue weighted by molar-refractivity contribution is -0.384. The van der Waals surface area contributed by atoms with E-state index in [0.717, 1.165) is 11.1 Å². The van der Waals surface area contributed by atoms with Crippen molar-refractivity contribution in [2.24, 2.45) is 7.05 Å². The predicted molar refractivity (Wildman–Crippen MR) is 110 cm³/mol. The monoisotopic (exact) mass is 413 g/mol. The highest BCUT2D eigenvalue weighted by Gasteiger charge is 2.16. The third-order valence-corrected chi connectivity index (χ3v) is 5.24. The van der Waals surface area contributed by atoms with Gasteiger partial charge in [0.05, 0.1) is 23.5 Å². The molecular formula is C19H19N5O4S. The van der Waals surface area contributed by atoms with Crippen molar-refractivity contribution in [2.45, 2.75) is 12.1 Å². The van der Waals surface area contributed by atoms with Crippen molar-refractivity contribution in [3.63, 3.8) is 0 Å². The Morgan fingerprint density at radius 2 is 2.03 bits per heavy atom. The lowest BCUT2D eigenvalue weighted by Gasteiger charge is -2.10. The summed E-state index contributed by atoms with van der Waals surface area (Å²) in [6, 6.07) is 11.9. The second-order valence-corrected chi connectivity index (χ2v) is 7.10. The van der Waals surface area contributed by atoms with E-state index in [1.807, 2.05) is 42.8 Å². The number of hydrogen-bond donors (Lipinski definition) is 1. The molecule has 150 valence electrons. The third kappa shape index (κ3) is 4.54. The van der Waals surface area contributed by atoms with E-state index in [1.54, 1.807) is 0 Å². The van der Waals surface area contributed by atoms with E-state index in [2.05, 4.69) is 15.5 Å². The van der Waals surface area contributed by atoms with Gasteiger partial charge in [-0.2, -0.15) is 0 Å². The van der Waals surface area contributed by atoms with Crippen LogP contribution in [0.4, 0.5) is 11.4 Å². The van der Waals surface area contributed by atoms with Gasteiger partial charge in [-0.05, 0) is 18.6 Å². The second-order valence-electron chi connectivity index (χ2n) is 6.16. The fourth-order valence-electron chi connectivity index (χ4n) is 2.72. The highest BCUT2D eigenvalue weighted by Crippen LogP contribution is 2.29. The average molecular weight is 413 g/mol. The minimum atomic E-state index is -0.531. The lowest BCUT2D eigenvalue weighted by Crippen LogP contribution is -2.15. The Hall–Kier alpha value is -3.40. The first-order valence-electron chi connectivity index (χ1n) is 8.61. The van der Waals surface area contributed by atoms with E-state index in [-0.39, 0.29) is 23.0 Å². The minimum absolute atomic E-state index is 0.0611. The zero-order chi connectivity index (χ0) is 21.0. The number of amides is 1. The molecule has 3 rings (SSSR count). The topological polar surface area (TPSA) is 112 Å². The van der Waals surface area contributed by atoms with Crippen LogP contribution in [0, 0.1) is 17.0 Å². The van der Waals surface area contributed by atoms with Crippen LogP contribution in [-0.2, 0) is 11.8 Å². The standard InChI is InChI=1S/C19H19N5O4S/c1-12-6-4-5-7-14(12)18-21-22-19(23(18)2)29-11-17(25)20-15-10-13(24(26)27)8-9-16(15)28-3/h4-10H,11H2,1-3H3,(H,20,25). The summed E-state index contributed by atoms with van der Waals surface area (Å²) in [5.41, 5.74) is 2.16. The first-order chi connectivity index (χ1) is 13.9. The highest BCUT2D eigenvalue weighted by atomic mass is 32.2. The predicted octanol–water partition coefficient (Wildman–Crippen LogP) is 3.44. The fraction of sp³-hybridized carbons (Fsp3) is 0.211. The van der Waals surface area contributed by atoms with Crippen LogP contribution in [-0.4, -0.2) is 38.5 Å². The van der Waals surface area contributed by atoms with Crippen LogP contribution in [0.25, 0.3) is 11.4 Å². The number of thioether (sulfide) groups is 1. The molecule has 0 spiro atoms. The molecule has 1 N–H and O–H groups in total. The molecule has 0 atom stereocenters. The van der Waals surface area contributed by atoms with Crippen molar-refractivity contribution in [1.82, 2.24) is 14.8 Å². The average Bonchev–Trinajstić information content (AvgIpc) is 3.07. The zero-order valence-electron chi connectivity index (χ0n) is 16.1. The van der Waals surface area contributed by atoms with Gasteiger partial charge in [-0.3, -0.25) is 14.9 Å². The van der Waals surface area contributed by atoms with Crippen LogP contribution in [0.3, 0.4) is 0 Å². The number of methoxy groups -OCH3 is 1. The van der Waals surface area contributed by atoms with Crippen molar-refractivity contribution in [1.29, 1.82) is 0 Å². The van der Waals surface area contributed by atoms with Crippen LogP contribution in [0.1, 0.15) is 5.56 Å². The number of nitro groups is 1. The van der Waals surface area contributed by atoms with Gasteiger partial charge in [0.15, 0.2) is 11.0 Å². The number of carbonyl (C=O) groups is 1. The molecule has 0 aliphatic heterocycles. The van der Waals surface area contributed by atoms with Gasteiger partial charge in [-0.1, -0.05) is 36.0 Å². The first kappa shape index (κ1) is 20.3. The summed E-state index contributed by atoms with van der Waals surface area (Å²) in [4.78, 5) is 22.8. The number of nitrogens with one attached hydrogen (secondary N) is 1. The Bertz CT molecular complexity index is 1070. The van der Waals surface area contributed by atoms with E-state index >= 15 is 0 Å². The summed E-state index contributed by atoms with van der Waals surface area (Å²) in [5, 5.41) is 22.6. The number of hydrogen-bond acceptors (Lipinski definition) is 7. The molecule has 1 aromatic heterocycles. The van der Waals surface area contributed by atoms with Gasteiger partial charge in [0.25, 0.3) is 5.69 Å². The van der Waals surface area contributed by atoms with E-state index < -0.39 is 4.92 Å². The van der Waals surface area contributed by atoms with Gasteiger partial charge in [0.2, 0.25) is 5.91 Å². The Morgan fingerprint density at radius 3 is 2.72 bits per heavy atom. The van der Waals surface area contributed by atoms with Crippen molar-refractivity contribution in [3.8, 4) is 17.1 Å². The van der Waals surface area contributed by atoms with Crippen LogP contribution in [0.15, 0.2) is 47.6 Å². The summed E-state index contributed by atoms with van der Waals surface area (Å²) in [6.07, 6.45) is 0. The number of ether oxygens (including phenoxy) is 1. The van der Waals surface area contributed by atoms with E-state index in [0.29, 0.717) is 16.7 Å². The molecule has 29 heavy (non-hydrogen) atoms. The molecule has 0 aliphatic carbocycles. The van der Waals surface area contributed by atoms with Gasteiger partial charge in [0.1, 0.15) is 5.75 Å². The summed E-state index contributed by atoms with van der Waals surface area (Å²) in [6.45, 7) is 2.00. The number of benzene rings is 2. The molecule has 2 aromatic carbocycles. The molecule has 0 unspecified atom stereocenters. The zero-order valence-corrected chi connectivity index (χ0v) is 16.9. The molecule has 0 saturated heterocycles. The van der Waals surface area contributed by atoms with Crippen LogP contribution in [0.2, 0.25) is 0 Å². The number of anilines is 1. The summed E-state index contributed by atoms with van der Waals surface area (Å²) < 4.78 is 6.98. The summed E-state index contributed by atoms with van der Waals surface area (Å²) in [7, 11) is 3.27. The Labute approximate surface area is 171 Å². The molecule has 1 heterocycles. The fourth-order valence-corrected chi connectivity index (χ4v) is 3.43. The van der Waals surface area contributed by atoms with E-state index in [4.69, 9.17) is 4.74 Å². The number of carbonyl (C=O) groups excluding carboxylic acids is 1. The maximum Gasteiger partial charge on any atom is 0.271 e. The maximum atomic E-state index is 12.4. The summed E-state index contributed by atoms with van der Waals surface area (Å²) >= 11 is 1.22. The van der Waals surface area contributed by atoms with E-state index in [9.17, 15) is 14.9 Å². The number of rotatable bonds is 7. The van der Waals surface area contributed by atoms with Crippen molar-refractivity contribution in [3.05, 3.63) is 58.1 Å². The molecule has 9 nitrogen and oxygen atoms in total. The van der Waals surface area contributed by atoms with Gasteiger partial charge in [-0.15, -0.1) is 10.2 Å². The number of aryl methyl sites for hydroxylation is 1. The van der Waals surface area contributed by atoms with Crippen LogP contribution < -0.4 is 10.1 Å². The number of non-ortho nitro benzene ring substituents is 1. The third-order valence-electron chi connectivity index (χ3n) is 4.22. The molecule has 0 aliphatic rings. The quantitative estimate of drug-likeness (QED) is 0.359. The van der Waals surface area contributed by atoms with Gasteiger partial charge >= 0.3 is 0 Å². The van der Waals surface area contributed by atoms with Crippen LogP contribution >= 0.6 is 11.8 Å². The minimum Gasteiger partial charge on any atom is -0.495 e. The SMILES string of the molecule is COc1ccc([N+](=O)[O-])cc1NC(=O)CSc1nnc(-c2ccccc2C)n1C. The lowest BCUT2D eigenvalue weighted by atomic mass is 10.1. The maximum absolute atomic E-state index is 12.4. The van der Waals surface area contributed by atoms with Crippen LogP contribution in [0.5, 0.6) is 5.75 Å². The Morgan fingerprint density at radius 1 is 1.28 bits per heavy atom. The molecular weight excluding hydrogens is 394 g/mol. The molecule has 1 amide bonds. The summed E-state index contributed by atoms with van der Waals surface area (Å²) in [5.74, 6) is 0.779. The number of aromatic nitrogens is 3. The molecule has 3 aromatic rings. The Balaban J connectivity index is 1.70. The molecule has 0 radical (unpaired) electrons. The van der Waals surface area contributed by atoms with Gasteiger partial charge in [0, 0.05) is 24.7 Å². The highest BCUT2D eigenvalue weighted by molar-refractivity contribution is 7.99. The molecule has 10 heteroatoms. The van der Waals surface area contributed by atoms with Crippen molar-refractivity contribution >= 4 is 29.0 Å². The first-order valence-corrected chi connectivity index (χ1v) is 9.59.